The zero-order chi connectivity index (χ0) is 17.8. The normalized spacial score (nSPS) is 10.9. The number of aromatic nitrogens is 2. The smallest absolute Gasteiger partial charge is 0.301 e. The van der Waals surface area contributed by atoms with Gasteiger partial charge < -0.3 is 11.1 Å². The second-order valence-electron chi connectivity index (χ2n) is 5.28. The van der Waals surface area contributed by atoms with Crippen molar-refractivity contribution in [2.24, 2.45) is 10.2 Å². The molecule has 2 aromatic carbocycles. The molecule has 4 N–H and O–H groups in total. The Labute approximate surface area is 143 Å². The van der Waals surface area contributed by atoms with Crippen molar-refractivity contribution in [3.63, 3.8) is 0 Å². The summed E-state index contributed by atoms with van der Waals surface area (Å²) in [7, 11) is 0. The number of hydrogen-bond donors (Lipinski definition) is 3. The second-order valence-corrected chi connectivity index (χ2v) is 5.28. The number of amides is 1. The predicted molar refractivity (Wildman–Crippen MR) is 95.7 cm³/mol. The van der Waals surface area contributed by atoms with E-state index in [0.29, 0.717) is 17.1 Å². The van der Waals surface area contributed by atoms with Gasteiger partial charge in [-0.3, -0.25) is 14.7 Å². The zero-order valence-electron chi connectivity index (χ0n) is 13.4. The van der Waals surface area contributed by atoms with E-state index in [1.165, 1.54) is 11.6 Å². The van der Waals surface area contributed by atoms with E-state index < -0.39 is 0 Å². The molecule has 0 radical (unpaired) electrons. The van der Waals surface area contributed by atoms with Crippen molar-refractivity contribution in [1.82, 2.24) is 9.78 Å². The fraction of sp³-hybridized carbons (Fsp3) is 0.0588. The van der Waals surface area contributed by atoms with Gasteiger partial charge in [-0.15, -0.1) is 5.11 Å². The van der Waals surface area contributed by atoms with Crippen molar-refractivity contribution in [1.29, 1.82) is 0 Å². The van der Waals surface area contributed by atoms with Crippen molar-refractivity contribution in [3.8, 4) is 5.69 Å². The van der Waals surface area contributed by atoms with Gasteiger partial charge in [-0.2, -0.15) is 5.11 Å². The van der Waals surface area contributed by atoms with Gasteiger partial charge in [-0.1, -0.05) is 18.2 Å². The van der Waals surface area contributed by atoms with E-state index in [1.807, 2.05) is 18.2 Å². The summed E-state index contributed by atoms with van der Waals surface area (Å²) in [5.41, 5.74) is 7.33. The minimum absolute atomic E-state index is 0.0368. The number of aromatic amines is 1. The summed E-state index contributed by atoms with van der Waals surface area (Å²) in [5, 5.41) is 13.4. The highest BCUT2D eigenvalue weighted by atomic mass is 16.1. The van der Waals surface area contributed by atoms with E-state index in [9.17, 15) is 9.59 Å². The molecule has 0 aliphatic rings. The molecule has 0 saturated carbocycles. The first kappa shape index (κ1) is 16.2. The molecule has 0 aliphatic carbocycles. The molecule has 126 valence electrons. The Bertz CT molecular complexity index is 971. The average Bonchev–Trinajstić information content (AvgIpc) is 2.89. The topological polar surface area (TPSA) is 118 Å². The molecule has 0 fully saturated rings. The van der Waals surface area contributed by atoms with Gasteiger partial charge in [0.15, 0.2) is 5.69 Å². The van der Waals surface area contributed by atoms with Crippen molar-refractivity contribution < 1.29 is 4.79 Å². The lowest BCUT2D eigenvalue weighted by atomic mass is 10.3. The number of rotatable bonds is 4. The highest BCUT2D eigenvalue weighted by Gasteiger charge is 2.12. The van der Waals surface area contributed by atoms with E-state index in [-0.39, 0.29) is 23.0 Å². The lowest BCUT2D eigenvalue weighted by Gasteiger charge is -2.00. The fourth-order valence-corrected chi connectivity index (χ4v) is 2.22. The van der Waals surface area contributed by atoms with Gasteiger partial charge in [-0.05, 0) is 36.4 Å². The molecule has 8 heteroatoms. The van der Waals surface area contributed by atoms with E-state index in [1.54, 1.807) is 36.4 Å². The lowest BCUT2D eigenvalue weighted by molar-refractivity contribution is -0.114. The quantitative estimate of drug-likeness (QED) is 0.635. The Morgan fingerprint density at radius 3 is 2.40 bits per heavy atom. The van der Waals surface area contributed by atoms with Gasteiger partial charge in [0.2, 0.25) is 5.91 Å². The summed E-state index contributed by atoms with van der Waals surface area (Å²) in [4.78, 5) is 23.4. The lowest BCUT2D eigenvalue weighted by Crippen LogP contribution is -2.13. The molecule has 3 rings (SSSR count). The van der Waals surface area contributed by atoms with Crippen LogP contribution < -0.4 is 16.6 Å². The maximum absolute atomic E-state index is 12.4. The molecule has 1 heterocycles. The third-order valence-electron chi connectivity index (χ3n) is 3.36. The predicted octanol–water partition coefficient (Wildman–Crippen LogP) is 3.12. The molecule has 25 heavy (non-hydrogen) atoms. The number of hydrogen-bond acceptors (Lipinski definition) is 5. The largest absolute Gasteiger partial charge is 0.382 e. The van der Waals surface area contributed by atoms with Crippen LogP contribution in [-0.4, -0.2) is 15.7 Å². The maximum Gasteiger partial charge on any atom is 0.301 e. The van der Waals surface area contributed by atoms with Crippen LogP contribution in [-0.2, 0) is 4.79 Å². The van der Waals surface area contributed by atoms with Gasteiger partial charge in [0.1, 0.15) is 5.82 Å². The molecule has 0 bridgehead atoms. The van der Waals surface area contributed by atoms with E-state index in [0.717, 1.165) is 0 Å². The van der Waals surface area contributed by atoms with Crippen LogP contribution in [0.4, 0.5) is 22.9 Å². The second kappa shape index (κ2) is 6.83. The number of benzene rings is 2. The van der Waals surface area contributed by atoms with Crippen molar-refractivity contribution in [3.05, 3.63) is 65.0 Å². The number of nitrogens with zero attached hydrogens (tertiary/aromatic N) is 3. The molecule has 0 saturated heterocycles. The molecule has 1 aromatic heterocycles. The van der Waals surface area contributed by atoms with Crippen molar-refractivity contribution in [2.75, 3.05) is 11.1 Å². The summed E-state index contributed by atoms with van der Waals surface area (Å²) < 4.78 is 1.31. The summed E-state index contributed by atoms with van der Waals surface area (Å²) >= 11 is 0. The molecule has 3 aromatic rings. The third-order valence-corrected chi connectivity index (χ3v) is 3.36. The van der Waals surface area contributed by atoms with Crippen molar-refractivity contribution >= 4 is 28.8 Å². The van der Waals surface area contributed by atoms with Gasteiger partial charge >= 0.3 is 5.56 Å². The van der Waals surface area contributed by atoms with E-state index >= 15 is 0 Å². The third kappa shape index (κ3) is 3.63. The van der Waals surface area contributed by atoms with E-state index in [2.05, 4.69) is 20.6 Å². The molecule has 0 unspecified atom stereocenters. The Balaban J connectivity index is 1.86. The first-order chi connectivity index (χ1) is 12.0. The average molecular weight is 336 g/mol. The van der Waals surface area contributed by atoms with Crippen LogP contribution in [0.1, 0.15) is 6.92 Å². The first-order valence-electron chi connectivity index (χ1n) is 7.50. The molecule has 0 spiro atoms. The Morgan fingerprint density at radius 2 is 1.76 bits per heavy atom. The maximum atomic E-state index is 12.4. The number of para-hydroxylation sites is 1. The molecule has 0 aliphatic heterocycles. The minimum atomic E-state index is -0.387. The van der Waals surface area contributed by atoms with Gasteiger partial charge in [0, 0.05) is 12.6 Å². The van der Waals surface area contributed by atoms with Crippen LogP contribution in [0.25, 0.3) is 5.69 Å². The van der Waals surface area contributed by atoms with Crippen LogP contribution in [0, 0.1) is 0 Å². The fourth-order valence-electron chi connectivity index (χ4n) is 2.22. The zero-order valence-corrected chi connectivity index (χ0v) is 13.4. The molecule has 1 amide bonds. The monoisotopic (exact) mass is 336 g/mol. The number of nitrogens with one attached hydrogen (secondary N) is 2. The summed E-state index contributed by atoms with van der Waals surface area (Å²) in [6, 6.07) is 15.8. The van der Waals surface area contributed by atoms with Gasteiger partial charge in [0.25, 0.3) is 0 Å². The first-order valence-corrected chi connectivity index (χ1v) is 7.50. The summed E-state index contributed by atoms with van der Waals surface area (Å²) in [6.45, 7) is 1.43. The van der Waals surface area contributed by atoms with Crippen LogP contribution in [0.2, 0.25) is 0 Å². The Hall–Kier alpha value is -3.68. The SMILES string of the molecule is CC(=O)Nc1ccc(N=Nc2c(N)[nH]n(-c3ccccc3)c2=O)cc1. The molecular weight excluding hydrogens is 320 g/mol. The summed E-state index contributed by atoms with van der Waals surface area (Å²) in [6.07, 6.45) is 0. The molecule has 0 atom stereocenters. The number of carbonyl (C=O) groups excluding carboxylic acids is 1. The number of carbonyl (C=O) groups is 1. The number of azo groups is 1. The Morgan fingerprint density at radius 1 is 1.08 bits per heavy atom. The van der Waals surface area contributed by atoms with Crippen LogP contribution >= 0.6 is 0 Å². The number of nitrogens with two attached hydrogens (primary N) is 1. The highest BCUT2D eigenvalue weighted by Crippen LogP contribution is 2.22. The number of nitrogen functional groups attached to an aromatic ring is 1. The van der Waals surface area contributed by atoms with Crippen molar-refractivity contribution in [2.45, 2.75) is 6.92 Å². The molecular formula is C17H16N6O2. The highest BCUT2D eigenvalue weighted by molar-refractivity contribution is 5.88. The van der Waals surface area contributed by atoms with Crippen LogP contribution in [0.5, 0.6) is 0 Å². The molecule has 8 nitrogen and oxygen atoms in total. The minimum Gasteiger partial charge on any atom is -0.382 e. The Kier molecular flexibility index (Phi) is 4.42. The van der Waals surface area contributed by atoms with Gasteiger partial charge in [0.05, 0.1) is 11.4 Å². The standard InChI is InChI=1S/C17H16N6O2/c1-11(24)19-12-7-9-13(10-8-12)20-21-15-16(18)22-23(17(15)25)14-5-3-2-4-6-14/h2-10,22H,18H2,1H3,(H,19,24). The summed E-state index contributed by atoms with van der Waals surface area (Å²) in [5.74, 6) is -0.0246. The van der Waals surface area contributed by atoms with Gasteiger partial charge in [-0.25, -0.2) is 4.68 Å². The number of anilines is 2. The van der Waals surface area contributed by atoms with E-state index in [4.69, 9.17) is 5.73 Å². The van der Waals surface area contributed by atoms with Crippen LogP contribution in [0.15, 0.2) is 69.6 Å². The number of H-pyrrole nitrogens is 1. The van der Waals surface area contributed by atoms with Crippen LogP contribution in [0.3, 0.4) is 0 Å².